The van der Waals surface area contributed by atoms with Gasteiger partial charge in [0.15, 0.2) is 11.5 Å². The molecule has 0 saturated carbocycles. The zero-order chi connectivity index (χ0) is 78.5. The molecule has 16 rings (SSSR count). The van der Waals surface area contributed by atoms with Crippen molar-refractivity contribution >= 4 is 88.4 Å². The van der Waals surface area contributed by atoms with E-state index in [-0.39, 0.29) is 104 Å². The average Bonchev–Trinajstić information content (AvgIpc) is 1.41. The predicted octanol–water partition coefficient (Wildman–Crippen LogP) is 20.2. The second-order valence-corrected chi connectivity index (χ2v) is 25.6. The van der Waals surface area contributed by atoms with Crippen molar-refractivity contribution in [1.29, 1.82) is 0 Å². The number of benzene rings is 10. The smallest absolute Gasteiger partial charge is 0.262 e. The molecule has 6 heterocycles. The number of amides is 2. The lowest BCUT2D eigenvalue weighted by molar-refractivity contribution is 0.0558. The van der Waals surface area contributed by atoms with Crippen molar-refractivity contribution < 1.29 is 72.3 Å². The van der Waals surface area contributed by atoms with Gasteiger partial charge in [-0.25, -0.2) is 30.7 Å². The number of halogens is 8. The van der Waals surface area contributed by atoms with Gasteiger partial charge in [-0.15, -0.1) is 0 Å². The van der Waals surface area contributed by atoms with Crippen LogP contribution in [-0.2, 0) is 6.42 Å². The molecule has 10 aromatic carbocycles. The standard InChI is InChI=1S/C26H18FNO4.C17H12F2O3.C17H10F2O3.C17H13FO2.C10H6BrFO2/c1-2-19(28-25(30)16-11-6-7-12-17(16)26(28)31)24-21(15-9-4-3-5-10-15)23(29)22-18(27)13-8-14-20(22)32-24;1-9(20)17-14(10-4-2-5-11(18)8-10)16(21)15-12(19)6-3-7-13(15)22-17;1-9(20)17-14(10-5-7-11(18)8-6-10)16(21)15-12(19)3-2-4-13(15)22-17;1-2-13-15(11-7-4-3-5-8-11)17(19)16-12(18)9-6-10-14(16)20-13;1-5-9(11)10(13)8-6(12)3-2-4-7(8)14-5/h3-14,19H,2H2,1H3;2-9,20H,1H3;2-8H,1H3;3-10H,2H2,1H3;2-4H,1H3/t;9-;;;/m.1.../s1. The molecule has 1 aliphatic heterocycles. The fourth-order valence-electron chi connectivity index (χ4n) is 12.7. The fourth-order valence-corrected chi connectivity index (χ4v) is 13.0. The van der Waals surface area contributed by atoms with Crippen LogP contribution in [-0.4, -0.2) is 27.6 Å². The summed E-state index contributed by atoms with van der Waals surface area (Å²) in [6, 6.07) is 54.9. The van der Waals surface area contributed by atoms with E-state index in [0.29, 0.717) is 57.8 Å². The first-order chi connectivity index (χ1) is 52.8. The maximum atomic E-state index is 14.6. The maximum absolute atomic E-state index is 14.6. The minimum Gasteiger partial charge on any atom is -0.460 e. The lowest BCUT2D eigenvalue weighted by Gasteiger charge is -2.26. The first-order valence-electron chi connectivity index (χ1n) is 34.0. The van der Waals surface area contributed by atoms with Crippen molar-refractivity contribution in [3.8, 4) is 44.5 Å². The van der Waals surface area contributed by atoms with E-state index >= 15 is 0 Å². The van der Waals surface area contributed by atoms with Crippen LogP contribution in [0.5, 0.6) is 0 Å². The number of fused-ring (bicyclic) bond motifs is 6. The summed E-state index contributed by atoms with van der Waals surface area (Å²) in [7, 11) is 0. The number of hydrogen-bond donors (Lipinski definition) is 1. The van der Waals surface area contributed by atoms with Gasteiger partial charge in [-0.3, -0.25) is 43.3 Å². The molecular formula is C87H59BrF7NO14. The van der Waals surface area contributed by atoms with Crippen LogP contribution in [0, 0.1) is 47.6 Å². The predicted molar refractivity (Wildman–Crippen MR) is 406 cm³/mol. The number of aliphatic hydroxyl groups excluding tert-OH is 1. The molecule has 0 fully saturated rings. The number of imide groups is 1. The van der Waals surface area contributed by atoms with Gasteiger partial charge in [0.2, 0.25) is 27.1 Å². The van der Waals surface area contributed by atoms with E-state index in [9.17, 15) is 74.2 Å². The van der Waals surface area contributed by atoms with Crippen LogP contribution < -0.4 is 27.1 Å². The van der Waals surface area contributed by atoms with E-state index in [1.807, 2.05) is 37.3 Å². The second kappa shape index (κ2) is 32.6. The molecule has 2 atom stereocenters. The molecule has 552 valence electrons. The number of Topliss-reactive ketones (excluding diaryl/α,β-unsaturated/α-hetero) is 1. The van der Waals surface area contributed by atoms with Crippen LogP contribution in [0.4, 0.5) is 30.7 Å². The van der Waals surface area contributed by atoms with Crippen molar-refractivity contribution in [2.75, 3.05) is 0 Å². The Kier molecular flexibility index (Phi) is 22.7. The molecule has 0 radical (unpaired) electrons. The SMILES string of the molecule is CC(=O)c1oc2cccc(F)c2c(=O)c1-c1ccc(F)cc1.CCC(c1oc2cccc(F)c2c(=O)c1-c1ccccc1)N1C(=O)c2ccccc2C1=O.CCc1oc2cccc(F)c2c(=O)c1-c1ccccc1.C[C@@H](O)c1oc2cccc(F)c2c(=O)c1-c1cccc(F)c1.Cc1oc2cccc(F)c2c(=O)c1Br. The number of aryl methyl sites for hydroxylation is 2. The van der Waals surface area contributed by atoms with Gasteiger partial charge in [-0.1, -0.05) is 141 Å². The van der Waals surface area contributed by atoms with Crippen molar-refractivity contribution in [3.63, 3.8) is 0 Å². The third kappa shape index (κ3) is 15.1. The molecule has 1 aliphatic rings. The van der Waals surface area contributed by atoms with Crippen LogP contribution in [0.1, 0.15) is 101 Å². The molecule has 0 aliphatic carbocycles. The van der Waals surface area contributed by atoms with E-state index in [2.05, 4.69) is 15.9 Å². The maximum Gasteiger partial charge on any atom is 0.262 e. The molecule has 110 heavy (non-hydrogen) atoms. The molecule has 0 bridgehead atoms. The number of carbonyl (C=O) groups excluding carboxylic acids is 3. The van der Waals surface area contributed by atoms with Crippen LogP contribution in [0.2, 0.25) is 0 Å². The summed E-state index contributed by atoms with van der Waals surface area (Å²) in [5.41, 5.74) is 1.09. The Hall–Kier alpha value is -13.0. The molecular weight excluding hydrogens is 1500 g/mol. The molecule has 23 heteroatoms. The summed E-state index contributed by atoms with van der Waals surface area (Å²) in [5.74, 6) is -4.62. The highest BCUT2D eigenvalue weighted by Crippen LogP contribution is 2.40. The Bertz CT molecular complexity index is 6420. The van der Waals surface area contributed by atoms with E-state index in [1.165, 1.54) is 105 Å². The molecule has 2 amide bonds. The lowest BCUT2D eigenvalue weighted by atomic mass is 9.96. The van der Waals surface area contributed by atoms with E-state index in [1.54, 1.807) is 86.6 Å². The molecule has 0 saturated heterocycles. The normalized spacial score (nSPS) is 12.1. The van der Waals surface area contributed by atoms with Crippen LogP contribution in [0.3, 0.4) is 0 Å². The molecule has 0 spiro atoms. The van der Waals surface area contributed by atoms with E-state index in [4.69, 9.17) is 22.1 Å². The number of hydrogen-bond acceptors (Lipinski definition) is 14. The molecule has 15 aromatic rings. The van der Waals surface area contributed by atoms with Gasteiger partial charge in [-0.2, -0.15) is 0 Å². The average molecular weight is 1560 g/mol. The number of nitrogens with zero attached hydrogens (tertiary/aromatic N) is 1. The van der Waals surface area contributed by atoms with Crippen LogP contribution >= 0.6 is 15.9 Å². The van der Waals surface area contributed by atoms with Gasteiger partial charge in [0, 0.05) is 13.3 Å². The summed E-state index contributed by atoms with van der Waals surface area (Å²) < 4.78 is 124. The van der Waals surface area contributed by atoms with E-state index in [0.717, 1.165) is 40.8 Å². The van der Waals surface area contributed by atoms with Gasteiger partial charge < -0.3 is 27.2 Å². The van der Waals surface area contributed by atoms with Crippen LogP contribution in [0.25, 0.3) is 99.4 Å². The van der Waals surface area contributed by atoms with Gasteiger partial charge in [-0.05, 0) is 156 Å². The molecule has 15 nitrogen and oxygen atoms in total. The van der Waals surface area contributed by atoms with Crippen LogP contribution in [0.15, 0.2) is 275 Å². The third-order valence-corrected chi connectivity index (χ3v) is 18.7. The van der Waals surface area contributed by atoms with E-state index < -0.39 is 86.8 Å². The quantitative estimate of drug-likeness (QED) is 0.0764. The molecule has 5 aromatic heterocycles. The highest BCUT2D eigenvalue weighted by Gasteiger charge is 2.42. The highest BCUT2D eigenvalue weighted by molar-refractivity contribution is 9.10. The Labute approximate surface area is 627 Å². The van der Waals surface area contributed by atoms with Crippen molar-refractivity contribution in [3.05, 3.63) is 361 Å². The zero-order valence-electron chi connectivity index (χ0n) is 58.7. The zero-order valence-corrected chi connectivity index (χ0v) is 60.2. The second-order valence-electron chi connectivity index (χ2n) is 24.9. The Morgan fingerprint density at radius 3 is 1.23 bits per heavy atom. The number of carbonyl (C=O) groups is 3. The van der Waals surface area contributed by atoms with Crippen molar-refractivity contribution in [2.24, 2.45) is 0 Å². The topological polar surface area (TPSA) is 226 Å². The summed E-state index contributed by atoms with van der Waals surface area (Å²) in [6.45, 7) is 8.03. The lowest BCUT2D eigenvalue weighted by Crippen LogP contribution is -2.34. The molecule has 1 N–H and O–H groups in total. The van der Waals surface area contributed by atoms with Crippen molar-refractivity contribution in [2.45, 2.75) is 59.6 Å². The third-order valence-electron chi connectivity index (χ3n) is 17.8. The molecule has 1 unspecified atom stereocenters. The van der Waals surface area contributed by atoms with Gasteiger partial charge in [0.25, 0.3) is 11.8 Å². The van der Waals surface area contributed by atoms with Gasteiger partial charge in [0.05, 0.1) is 39.4 Å². The minimum atomic E-state index is -1.10. The Balaban J connectivity index is 0.000000131. The highest BCUT2D eigenvalue weighted by atomic mass is 79.9. The summed E-state index contributed by atoms with van der Waals surface area (Å²) in [5, 5.41) is 9.27. The fraction of sp³-hybridized carbons (Fsp3) is 0.103. The van der Waals surface area contributed by atoms with Crippen molar-refractivity contribution in [1.82, 2.24) is 4.90 Å². The first kappa shape index (κ1) is 76.7. The van der Waals surface area contributed by atoms with Gasteiger partial charge >= 0.3 is 0 Å². The number of aliphatic hydroxyl groups is 1. The monoisotopic (exact) mass is 1550 g/mol. The Morgan fingerprint density at radius 1 is 0.409 bits per heavy atom. The largest absolute Gasteiger partial charge is 0.460 e. The summed E-state index contributed by atoms with van der Waals surface area (Å²) in [6.07, 6.45) is -0.209. The summed E-state index contributed by atoms with van der Waals surface area (Å²) in [4.78, 5) is 102. The number of ketones is 1. The summed E-state index contributed by atoms with van der Waals surface area (Å²) >= 11 is 3.06. The minimum absolute atomic E-state index is 0.000983. The van der Waals surface area contributed by atoms with Gasteiger partial charge in [0.1, 0.15) is 129 Å². The number of rotatable bonds is 10. The first-order valence-corrected chi connectivity index (χ1v) is 34.8. The Morgan fingerprint density at radius 2 is 0.782 bits per heavy atom.